The topological polar surface area (TPSA) is 40.1 Å². The first-order valence-electron chi connectivity index (χ1n) is 8.34. The maximum absolute atomic E-state index is 5.42. The van der Waals surface area contributed by atoms with Crippen LogP contribution in [0.2, 0.25) is 0 Å². The molecule has 0 saturated heterocycles. The second-order valence-corrected chi connectivity index (χ2v) is 5.80. The molecule has 0 heterocycles. The van der Waals surface area contributed by atoms with Gasteiger partial charge >= 0.3 is 0 Å². The highest BCUT2D eigenvalue weighted by Gasteiger charge is 2.09. The van der Waals surface area contributed by atoms with Gasteiger partial charge in [-0.05, 0) is 26.1 Å². The lowest BCUT2D eigenvalue weighted by atomic mass is 10.2. The Morgan fingerprint density at radius 3 is 2.54 bits per heavy atom. The molecule has 0 amide bonds. The van der Waals surface area contributed by atoms with Crippen LogP contribution in [0.3, 0.4) is 0 Å². The molecule has 0 radical (unpaired) electrons. The predicted molar refractivity (Wildman–Crippen MR) is 114 cm³/mol. The van der Waals surface area contributed by atoms with Gasteiger partial charge in [0.25, 0.3) is 0 Å². The summed E-state index contributed by atoms with van der Waals surface area (Å²) in [7, 11) is 7.74. The van der Waals surface area contributed by atoms with Crippen LogP contribution in [0.25, 0.3) is 0 Å². The summed E-state index contributed by atoms with van der Waals surface area (Å²) in [6.07, 6.45) is 2.49. The second kappa shape index (κ2) is 13.3. The predicted octanol–water partition coefficient (Wildman–Crippen LogP) is 3.05. The van der Waals surface area contributed by atoms with Gasteiger partial charge in [-0.2, -0.15) is 0 Å². The van der Waals surface area contributed by atoms with E-state index in [1.165, 1.54) is 12.8 Å². The summed E-state index contributed by atoms with van der Waals surface area (Å²) in [5.74, 6) is 1.81. The van der Waals surface area contributed by atoms with Crippen molar-refractivity contribution in [2.75, 3.05) is 47.9 Å². The number of benzene rings is 1. The van der Waals surface area contributed by atoms with E-state index in [-0.39, 0.29) is 24.0 Å². The number of likely N-dealkylation sites (N-methyl/N-ethyl adjacent to an activating group) is 1. The van der Waals surface area contributed by atoms with Crippen molar-refractivity contribution < 1.29 is 4.74 Å². The van der Waals surface area contributed by atoms with Crippen LogP contribution in [-0.2, 0) is 6.54 Å². The number of nitrogens with zero attached hydrogens (tertiary/aromatic N) is 3. The average Bonchev–Trinajstić information content (AvgIpc) is 2.57. The normalized spacial score (nSPS) is 11.2. The third kappa shape index (κ3) is 8.19. The maximum Gasteiger partial charge on any atom is 0.193 e. The van der Waals surface area contributed by atoms with Gasteiger partial charge in [0, 0.05) is 39.3 Å². The summed E-state index contributed by atoms with van der Waals surface area (Å²) in [5.41, 5.74) is 1.15. The van der Waals surface area contributed by atoms with Gasteiger partial charge in [-0.3, -0.25) is 4.99 Å². The minimum atomic E-state index is 0. The highest BCUT2D eigenvalue weighted by molar-refractivity contribution is 14.0. The number of guanidine groups is 1. The van der Waals surface area contributed by atoms with Gasteiger partial charge in [0.05, 0.1) is 7.11 Å². The standard InChI is InChI=1S/C18H32N4O.HI/c1-6-7-13-21(3)14-12-20-18(19-2)22(4)15-16-10-8-9-11-17(16)23-5;/h8-11H,6-7,12-15H2,1-5H3,(H,19,20);1H. The summed E-state index contributed by atoms with van der Waals surface area (Å²) in [5, 5.41) is 3.43. The number of ether oxygens (including phenoxy) is 1. The lowest BCUT2D eigenvalue weighted by Crippen LogP contribution is -2.41. The Labute approximate surface area is 164 Å². The van der Waals surface area contributed by atoms with Gasteiger partial charge in [0.15, 0.2) is 5.96 Å². The minimum Gasteiger partial charge on any atom is -0.496 e. The Kier molecular flexibility index (Phi) is 12.7. The molecule has 0 atom stereocenters. The molecule has 0 bridgehead atoms. The van der Waals surface area contributed by atoms with Crippen molar-refractivity contribution in [3.63, 3.8) is 0 Å². The number of para-hydroxylation sites is 1. The molecule has 24 heavy (non-hydrogen) atoms. The average molecular weight is 448 g/mol. The van der Waals surface area contributed by atoms with Gasteiger partial charge in [-0.1, -0.05) is 31.5 Å². The molecule has 0 spiro atoms. The lowest BCUT2D eigenvalue weighted by molar-refractivity contribution is 0.329. The number of hydrogen-bond acceptors (Lipinski definition) is 3. The SMILES string of the molecule is CCCCN(C)CCNC(=NC)N(C)Cc1ccccc1OC.I. The van der Waals surface area contributed by atoms with Crippen LogP contribution in [0.4, 0.5) is 0 Å². The van der Waals surface area contributed by atoms with Crippen LogP contribution in [0, 0.1) is 0 Å². The van der Waals surface area contributed by atoms with Gasteiger partial charge < -0.3 is 19.9 Å². The minimum absolute atomic E-state index is 0. The number of unbranched alkanes of at least 4 members (excludes halogenated alkanes) is 1. The Balaban J connectivity index is 0.00000529. The number of methoxy groups -OCH3 is 1. The van der Waals surface area contributed by atoms with Gasteiger partial charge in [-0.15, -0.1) is 24.0 Å². The summed E-state index contributed by atoms with van der Waals surface area (Å²) >= 11 is 0. The Morgan fingerprint density at radius 1 is 1.21 bits per heavy atom. The molecule has 138 valence electrons. The molecule has 5 nitrogen and oxygen atoms in total. The van der Waals surface area contributed by atoms with Crippen molar-refractivity contribution >= 4 is 29.9 Å². The van der Waals surface area contributed by atoms with E-state index in [1.54, 1.807) is 7.11 Å². The van der Waals surface area contributed by atoms with E-state index in [2.05, 4.69) is 40.1 Å². The Bertz CT molecular complexity index is 482. The third-order valence-electron chi connectivity index (χ3n) is 3.84. The van der Waals surface area contributed by atoms with Crippen LogP contribution in [0.5, 0.6) is 5.75 Å². The van der Waals surface area contributed by atoms with E-state index >= 15 is 0 Å². The molecule has 0 unspecified atom stereocenters. The molecule has 6 heteroatoms. The largest absolute Gasteiger partial charge is 0.496 e. The van der Waals surface area contributed by atoms with Gasteiger partial charge in [0.1, 0.15) is 5.75 Å². The molecule has 0 aromatic heterocycles. The number of hydrogen-bond donors (Lipinski definition) is 1. The first-order valence-corrected chi connectivity index (χ1v) is 8.34. The van der Waals surface area contributed by atoms with E-state index in [4.69, 9.17) is 4.74 Å². The molecule has 0 saturated carbocycles. The van der Waals surface area contributed by atoms with Crippen molar-refractivity contribution in [1.29, 1.82) is 0 Å². The fourth-order valence-corrected chi connectivity index (χ4v) is 2.45. The van der Waals surface area contributed by atoms with E-state index in [9.17, 15) is 0 Å². The van der Waals surface area contributed by atoms with Crippen LogP contribution in [0.1, 0.15) is 25.3 Å². The van der Waals surface area contributed by atoms with E-state index in [0.29, 0.717) is 0 Å². The van der Waals surface area contributed by atoms with E-state index in [0.717, 1.165) is 43.5 Å². The lowest BCUT2D eigenvalue weighted by Gasteiger charge is -2.24. The van der Waals surface area contributed by atoms with Crippen molar-refractivity contribution in [2.24, 2.45) is 4.99 Å². The third-order valence-corrected chi connectivity index (χ3v) is 3.84. The van der Waals surface area contributed by atoms with Crippen molar-refractivity contribution in [3.05, 3.63) is 29.8 Å². The fraction of sp³-hybridized carbons (Fsp3) is 0.611. The molecular weight excluding hydrogens is 415 g/mol. The molecule has 0 aliphatic heterocycles. The van der Waals surface area contributed by atoms with Crippen molar-refractivity contribution in [1.82, 2.24) is 15.1 Å². The smallest absolute Gasteiger partial charge is 0.193 e. The van der Waals surface area contributed by atoms with Gasteiger partial charge in [0.2, 0.25) is 0 Å². The monoisotopic (exact) mass is 448 g/mol. The number of nitrogens with one attached hydrogen (secondary N) is 1. The van der Waals surface area contributed by atoms with Crippen molar-refractivity contribution in [2.45, 2.75) is 26.3 Å². The summed E-state index contributed by atoms with van der Waals surface area (Å²) in [4.78, 5) is 8.84. The highest BCUT2D eigenvalue weighted by atomic mass is 127. The maximum atomic E-state index is 5.42. The highest BCUT2D eigenvalue weighted by Crippen LogP contribution is 2.18. The summed E-state index contributed by atoms with van der Waals surface area (Å²) < 4.78 is 5.42. The zero-order valence-corrected chi connectivity index (χ0v) is 18.0. The summed E-state index contributed by atoms with van der Waals surface area (Å²) in [6, 6.07) is 8.09. The van der Waals surface area contributed by atoms with Crippen LogP contribution in [0.15, 0.2) is 29.3 Å². The zero-order valence-electron chi connectivity index (χ0n) is 15.7. The molecule has 0 aliphatic carbocycles. The zero-order chi connectivity index (χ0) is 17.1. The van der Waals surface area contributed by atoms with E-state index in [1.807, 2.05) is 32.3 Å². The van der Waals surface area contributed by atoms with Crippen LogP contribution < -0.4 is 10.1 Å². The first-order chi connectivity index (χ1) is 11.1. The number of halogens is 1. The van der Waals surface area contributed by atoms with Gasteiger partial charge in [-0.25, -0.2) is 0 Å². The molecule has 1 aromatic carbocycles. The molecule has 0 aliphatic rings. The van der Waals surface area contributed by atoms with E-state index < -0.39 is 0 Å². The van der Waals surface area contributed by atoms with Crippen molar-refractivity contribution in [3.8, 4) is 5.75 Å². The Morgan fingerprint density at radius 2 is 1.92 bits per heavy atom. The summed E-state index contributed by atoms with van der Waals surface area (Å²) in [6.45, 7) is 6.04. The van der Waals surface area contributed by atoms with Crippen LogP contribution >= 0.6 is 24.0 Å². The Hall–Kier alpha value is -1.02. The number of rotatable bonds is 9. The fourth-order valence-electron chi connectivity index (χ4n) is 2.45. The second-order valence-electron chi connectivity index (χ2n) is 5.80. The van der Waals surface area contributed by atoms with Crippen LogP contribution in [-0.4, -0.2) is 63.6 Å². The number of aliphatic imine (C=N–C) groups is 1. The molecule has 1 rings (SSSR count). The quantitative estimate of drug-likeness (QED) is 0.358. The molecular formula is C18H33IN4O. The molecule has 1 aromatic rings. The molecule has 1 N–H and O–H groups in total. The molecule has 0 fully saturated rings. The first kappa shape index (κ1) is 23.0.